The van der Waals surface area contributed by atoms with E-state index in [1.807, 2.05) is 12.1 Å². The number of benzene rings is 1. The van der Waals surface area contributed by atoms with Crippen LogP contribution in [0.2, 0.25) is 5.02 Å². The van der Waals surface area contributed by atoms with Crippen molar-refractivity contribution < 1.29 is 4.79 Å². The number of amides is 2. The Balaban J connectivity index is 2.47. The second-order valence-corrected chi connectivity index (χ2v) is 4.49. The summed E-state index contributed by atoms with van der Waals surface area (Å²) in [5, 5.41) is 6.35. The van der Waals surface area contributed by atoms with Gasteiger partial charge in [0.1, 0.15) is 0 Å². The van der Waals surface area contributed by atoms with E-state index in [1.54, 1.807) is 6.07 Å². The van der Waals surface area contributed by atoms with Gasteiger partial charge in [-0.05, 0) is 29.7 Å². The van der Waals surface area contributed by atoms with Crippen LogP contribution in [0, 0.1) is 5.92 Å². The van der Waals surface area contributed by atoms with Crippen molar-refractivity contribution in [2.24, 2.45) is 5.92 Å². The number of anilines is 1. The molecule has 0 spiro atoms. The van der Waals surface area contributed by atoms with Gasteiger partial charge in [-0.2, -0.15) is 0 Å². The summed E-state index contributed by atoms with van der Waals surface area (Å²) >= 11 is 5.94. The largest absolute Gasteiger partial charge is 0.331 e. The Bertz CT molecular complexity index is 404. The Morgan fingerprint density at radius 3 is 2.80 bits per heavy atom. The van der Waals surface area contributed by atoms with Gasteiger partial charge in [-0.3, -0.25) is 0 Å². The highest BCUT2D eigenvalue weighted by atomic mass is 35.5. The molecule has 1 unspecified atom stereocenters. The zero-order valence-electron chi connectivity index (χ0n) is 8.67. The number of hydrogen-bond donors (Lipinski definition) is 2. The van der Waals surface area contributed by atoms with Gasteiger partial charge in [0, 0.05) is 10.7 Å². The summed E-state index contributed by atoms with van der Waals surface area (Å²) in [5.41, 5.74) is 1.90. The highest BCUT2D eigenvalue weighted by Gasteiger charge is 2.26. The lowest BCUT2D eigenvalue weighted by atomic mass is 9.93. The Morgan fingerprint density at radius 2 is 2.13 bits per heavy atom. The SMILES string of the molecule is CC(C)C1NC(=O)Nc2ccc(Cl)cc21. The molecule has 80 valence electrons. The standard InChI is InChI=1S/C11H13ClN2O/c1-6(2)10-8-5-7(12)3-4-9(8)13-11(15)14-10/h3-6,10H,1-2H3,(H2,13,14,15). The van der Waals surface area contributed by atoms with Gasteiger partial charge in [0.25, 0.3) is 0 Å². The van der Waals surface area contributed by atoms with Gasteiger partial charge in [-0.15, -0.1) is 0 Å². The van der Waals surface area contributed by atoms with Crippen LogP contribution in [-0.2, 0) is 0 Å². The van der Waals surface area contributed by atoms with Crippen LogP contribution in [0.25, 0.3) is 0 Å². The molecule has 0 aromatic heterocycles. The maximum atomic E-state index is 11.4. The van der Waals surface area contributed by atoms with E-state index in [2.05, 4.69) is 24.5 Å². The molecule has 1 aromatic rings. The predicted octanol–water partition coefficient (Wildman–Crippen LogP) is 3.17. The average Bonchev–Trinajstić information content (AvgIpc) is 2.17. The van der Waals surface area contributed by atoms with Gasteiger partial charge in [-0.1, -0.05) is 25.4 Å². The zero-order chi connectivity index (χ0) is 11.0. The van der Waals surface area contributed by atoms with Crippen molar-refractivity contribution in [1.29, 1.82) is 0 Å². The minimum Gasteiger partial charge on any atom is -0.331 e. The van der Waals surface area contributed by atoms with Crippen molar-refractivity contribution in [3.63, 3.8) is 0 Å². The van der Waals surface area contributed by atoms with Gasteiger partial charge in [0.2, 0.25) is 0 Å². The number of fused-ring (bicyclic) bond motifs is 1. The topological polar surface area (TPSA) is 41.1 Å². The fourth-order valence-corrected chi connectivity index (χ4v) is 1.99. The molecule has 2 rings (SSSR count). The molecule has 1 heterocycles. The van der Waals surface area contributed by atoms with Crippen molar-refractivity contribution in [3.05, 3.63) is 28.8 Å². The van der Waals surface area contributed by atoms with Gasteiger partial charge in [0.05, 0.1) is 6.04 Å². The lowest BCUT2D eigenvalue weighted by Gasteiger charge is -2.30. The molecule has 3 nitrogen and oxygen atoms in total. The monoisotopic (exact) mass is 224 g/mol. The van der Waals surface area contributed by atoms with Crippen molar-refractivity contribution >= 4 is 23.3 Å². The third-order valence-electron chi connectivity index (χ3n) is 2.55. The molecular weight excluding hydrogens is 212 g/mol. The molecule has 1 aromatic carbocycles. The molecule has 1 aliphatic rings. The summed E-state index contributed by atoms with van der Waals surface area (Å²) in [6, 6.07) is 5.40. The highest BCUT2D eigenvalue weighted by Crippen LogP contribution is 2.33. The average molecular weight is 225 g/mol. The fourth-order valence-electron chi connectivity index (χ4n) is 1.81. The van der Waals surface area contributed by atoms with E-state index in [0.717, 1.165) is 11.3 Å². The lowest BCUT2D eigenvalue weighted by Crippen LogP contribution is -2.39. The van der Waals surface area contributed by atoms with Crippen molar-refractivity contribution in [2.75, 3.05) is 5.32 Å². The van der Waals surface area contributed by atoms with Crippen LogP contribution in [0.15, 0.2) is 18.2 Å². The zero-order valence-corrected chi connectivity index (χ0v) is 9.43. The van der Waals surface area contributed by atoms with Crippen LogP contribution in [0.3, 0.4) is 0 Å². The number of rotatable bonds is 1. The first-order chi connectivity index (χ1) is 7.08. The molecule has 15 heavy (non-hydrogen) atoms. The summed E-state index contributed by atoms with van der Waals surface area (Å²) < 4.78 is 0. The summed E-state index contributed by atoms with van der Waals surface area (Å²) in [6.45, 7) is 4.14. The second-order valence-electron chi connectivity index (χ2n) is 4.05. The highest BCUT2D eigenvalue weighted by molar-refractivity contribution is 6.30. The molecule has 0 radical (unpaired) electrons. The molecule has 2 amide bonds. The fraction of sp³-hybridized carbons (Fsp3) is 0.364. The second kappa shape index (κ2) is 3.74. The van der Waals surface area contributed by atoms with E-state index in [1.165, 1.54) is 0 Å². The van der Waals surface area contributed by atoms with Crippen LogP contribution < -0.4 is 10.6 Å². The minimum atomic E-state index is -0.150. The maximum absolute atomic E-state index is 11.4. The Morgan fingerprint density at radius 1 is 1.40 bits per heavy atom. The van der Waals surface area contributed by atoms with Crippen molar-refractivity contribution in [2.45, 2.75) is 19.9 Å². The van der Waals surface area contributed by atoms with E-state index in [4.69, 9.17) is 11.6 Å². The van der Waals surface area contributed by atoms with E-state index in [-0.39, 0.29) is 12.1 Å². The van der Waals surface area contributed by atoms with Gasteiger partial charge < -0.3 is 10.6 Å². The number of carbonyl (C=O) groups is 1. The molecule has 0 aliphatic carbocycles. The molecular formula is C11H13ClN2O. The Labute approximate surface area is 93.8 Å². The van der Waals surface area contributed by atoms with Gasteiger partial charge in [0.15, 0.2) is 0 Å². The lowest BCUT2D eigenvalue weighted by molar-refractivity contribution is 0.243. The van der Waals surface area contributed by atoms with Crippen molar-refractivity contribution in [3.8, 4) is 0 Å². The molecule has 1 atom stereocenters. The van der Waals surface area contributed by atoms with Crippen LogP contribution in [0.5, 0.6) is 0 Å². The van der Waals surface area contributed by atoms with Crippen LogP contribution in [-0.4, -0.2) is 6.03 Å². The number of halogens is 1. The number of hydrogen-bond acceptors (Lipinski definition) is 1. The van der Waals surface area contributed by atoms with Crippen LogP contribution >= 0.6 is 11.6 Å². The molecule has 0 fully saturated rings. The maximum Gasteiger partial charge on any atom is 0.319 e. The summed E-state index contributed by atoms with van der Waals surface area (Å²) in [4.78, 5) is 11.4. The minimum absolute atomic E-state index is 0.0347. The first kappa shape index (κ1) is 10.3. The van der Waals surface area contributed by atoms with Gasteiger partial charge >= 0.3 is 6.03 Å². The first-order valence-electron chi connectivity index (χ1n) is 4.95. The van der Waals surface area contributed by atoms with Gasteiger partial charge in [-0.25, -0.2) is 4.79 Å². The smallest absolute Gasteiger partial charge is 0.319 e. The molecule has 0 bridgehead atoms. The Kier molecular flexibility index (Phi) is 2.57. The number of urea groups is 1. The number of nitrogens with one attached hydrogen (secondary N) is 2. The summed E-state index contributed by atoms with van der Waals surface area (Å²) in [6.07, 6.45) is 0. The third-order valence-corrected chi connectivity index (χ3v) is 2.79. The van der Waals surface area contributed by atoms with E-state index in [9.17, 15) is 4.79 Å². The van der Waals surface area contributed by atoms with Crippen LogP contribution in [0.1, 0.15) is 25.5 Å². The van der Waals surface area contributed by atoms with Crippen LogP contribution in [0.4, 0.5) is 10.5 Å². The normalized spacial score (nSPS) is 19.5. The summed E-state index contributed by atoms with van der Waals surface area (Å²) in [5.74, 6) is 0.341. The quantitative estimate of drug-likeness (QED) is 0.756. The van der Waals surface area contributed by atoms with E-state index < -0.39 is 0 Å². The molecule has 1 aliphatic heterocycles. The molecule has 4 heteroatoms. The molecule has 0 saturated carbocycles. The van der Waals surface area contributed by atoms with Crippen molar-refractivity contribution in [1.82, 2.24) is 5.32 Å². The van der Waals surface area contributed by atoms with E-state index >= 15 is 0 Å². The molecule has 2 N–H and O–H groups in total. The Hall–Kier alpha value is -1.22. The van der Waals surface area contributed by atoms with E-state index in [0.29, 0.717) is 10.9 Å². The summed E-state index contributed by atoms with van der Waals surface area (Å²) in [7, 11) is 0. The first-order valence-corrected chi connectivity index (χ1v) is 5.32. The number of carbonyl (C=O) groups excluding carboxylic acids is 1. The predicted molar refractivity (Wildman–Crippen MR) is 61.2 cm³/mol. The molecule has 0 saturated heterocycles. The third kappa shape index (κ3) is 1.92.